The van der Waals surface area contributed by atoms with Gasteiger partial charge in [0.15, 0.2) is 0 Å². The van der Waals surface area contributed by atoms with Crippen molar-refractivity contribution in [3.05, 3.63) is 77.9 Å². The normalized spacial score (nSPS) is 11.9. The van der Waals surface area contributed by atoms with Gasteiger partial charge in [-0.1, -0.05) is 49.4 Å². The molecule has 1 atom stereocenters. The molecule has 1 nitrogen and oxygen atoms in total. The maximum absolute atomic E-state index is 5.84. The van der Waals surface area contributed by atoms with Crippen LogP contribution in [-0.2, 0) is 13.0 Å². The van der Waals surface area contributed by atoms with Crippen LogP contribution in [0.2, 0.25) is 0 Å². The van der Waals surface area contributed by atoms with Gasteiger partial charge in [0.1, 0.15) is 12.4 Å². The van der Waals surface area contributed by atoms with Gasteiger partial charge in [0.2, 0.25) is 0 Å². The first-order chi connectivity index (χ1) is 9.69. The molecule has 0 N–H and O–H groups in total. The molecule has 0 fully saturated rings. The second-order valence-corrected chi connectivity index (χ2v) is 5.28. The SMILES string of the molecule is C=CC(C)Cc1ccc(OCc2ccccc2)cc1C. The van der Waals surface area contributed by atoms with Crippen molar-refractivity contribution in [3.8, 4) is 5.75 Å². The fourth-order valence-electron chi connectivity index (χ4n) is 2.16. The van der Waals surface area contributed by atoms with Crippen molar-refractivity contribution in [3.63, 3.8) is 0 Å². The maximum atomic E-state index is 5.84. The van der Waals surface area contributed by atoms with Crippen LogP contribution in [0.4, 0.5) is 0 Å². The maximum Gasteiger partial charge on any atom is 0.120 e. The number of hydrogen-bond acceptors (Lipinski definition) is 1. The zero-order chi connectivity index (χ0) is 14.4. The highest BCUT2D eigenvalue weighted by molar-refractivity contribution is 5.35. The Labute approximate surface area is 121 Å². The van der Waals surface area contributed by atoms with Crippen molar-refractivity contribution in [2.75, 3.05) is 0 Å². The first kappa shape index (κ1) is 14.4. The Morgan fingerprint density at radius 3 is 2.55 bits per heavy atom. The van der Waals surface area contributed by atoms with E-state index in [0.29, 0.717) is 12.5 Å². The Bertz CT molecular complexity index is 557. The highest BCUT2D eigenvalue weighted by atomic mass is 16.5. The lowest BCUT2D eigenvalue weighted by molar-refractivity contribution is 0.306. The van der Waals surface area contributed by atoms with E-state index >= 15 is 0 Å². The molecule has 0 aliphatic heterocycles. The Balaban J connectivity index is 2.00. The van der Waals surface area contributed by atoms with Crippen LogP contribution in [-0.4, -0.2) is 0 Å². The predicted octanol–water partition coefficient (Wildman–Crippen LogP) is 4.94. The summed E-state index contributed by atoms with van der Waals surface area (Å²) in [7, 11) is 0. The summed E-state index contributed by atoms with van der Waals surface area (Å²) in [6.45, 7) is 8.78. The molecule has 2 aromatic rings. The van der Waals surface area contributed by atoms with E-state index in [1.54, 1.807) is 0 Å². The smallest absolute Gasteiger partial charge is 0.120 e. The highest BCUT2D eigenvalue weighted by Crippen LogP contribution is 2.21. The predicted molar refractivity (Wildman–Crippen MR) is 85.0 cm³/mol. The molecule has 0 aliphatic rings. The molecular weight excluding hydrogens is 244 g/mol. The number of hydrogen-bond donors (Lipinski definition) is 0. The molecule has 20 heavy (non-hydrogen) atoms. The fourth-order valence-corrected chi connectivity index (χ4v) is 2.16. The molecule has 0 saturated carbocycles. The Hall–Kier alpha value is -2.02. The van der Waals surface area contributed by atoms with Crippen LogP contribution >= 0.6 is 0 Å². The summed E-state index contributed by atoms with van der Waals surface area (Å²) in [6.07, 6.45) is 3.04. The second-order valence-electron chi connectivity index (χ2n) is 5.28. The molecule has 0 saturated heterocycles. The summed E-state index contributed by atoms with van der Waals surface area (Å²) in [5.41, 5.74) is 3.84. The molecule has 0 heterocycles. The molecular formula is C19H22O. The number of aryl methyl sites for hydroxylation is 1. The van der Waals surface area contributed by atoms with E-state index in [1.807, 2.05) is 24.3 Å². The van der Waals surface area contributed by atoms with E-state index in [0.717, 1.165) is 12.2 Å². The average Bonchev–Trinajstić information content (AvgIpc) is 2.48. The van der Waals surface area contributed by atoms with E-state index in [4.69, 9.17) is 4.74 Å². The quantitative estimate of drug-likeness (QED) is 0.673. The lowest BCUT2D eigenvalue weighted by Crippen LogP contribution is -2.00. The summed E-state index contributed by atoms with van der Waals surface area (Å²) in [6, 6.07) is 16.6. The fraction of sp³-hybridized carbons (Fsp3) is 0.263. The topological polar surface area (TPSA) is 9.23 Å². The van der Waals surface area contributed by atoms with Crippen molar-refractivity contribution in [2.45, 2.75) is 26.9 Å². The van der Waals surface area contributed by atoms with Crippen molar-refractivity contribution in [1.82, 2.24) is 0 Å². The molecule has 0 spiro atoms. The first-order valence-electron chi connectivity index (χ1n) is 7.08. The number of ether oxygens (including phenoxy) is 1. The van der Waals surface area contributed by atoms with Crippen molar-refractivity contribution in [1.29, 1.82) is 0 Å². The summed E-state index contributed by atoms with van der Waals surface area (Å²) in [5.74, 6) is 1.44. The van der Waals surface area contributed by atoms with E-state index < -0.39 is 0 Å². The summed E-state index contributed by atoms with van der Waals surface area (Å²) < 4.78 is 5.84. The lowest BCUT2D eigenvalue weighted by atomic mass is 9.97. The van der Waals surface area contributed by atoms with Gasteiger partial charge in [0, 0.05) is 0 Å². The van der Waals surface area contributed by atoms with Crippen LogP contribution in [0.25, 0.3) is 0 Å². The van der Waals surface area contributed by atoms with Crippen LogP contribution < -0.4 is 4.74 Å². The third-order valence-corrected chi connectivity index (χ3v) is 3.51. The van der Waals surface area contributed by atoms with Crippen LogP contribution in [0.3, 0.4) is 0 Å². The molecule has 2 aromatic carbocycles. The van der Waals surface area contributed by atoms with Crippen molar-refractivity contribution in [2.24, 2.45) is 5.92 Å². The zero-order valence-corrected chi connectivity index (χ0v) is 12.3. The lowest BCUT2D eigenvalue weighted by Gasteiger charge is -2.12. The van der Waals surface area contributed by atoms with Gasteiger partial charge >= 0.3 is 0 Å². The Kier molecular flexibility index (Phi) is 5.00. The van der Waals surface area contributed by atoms with Gasteiger partial charge in [-0.15, -0.1) is 6.58 Å². The molecule has 2 rings (SSSR count). The average molecular weight is 266 g/mol. The minimum atomic E-state index is 0.504. The monoisotopic (exact) mass is 266 g/mol. The third-order valence-electron chi connectivity index (χ3n) is 3.51. The summed E-state index contributed by atoms with van der Waals surface area (Å²) >= 11 is 0. The largest absolute Gasteiger partial charge is 0.489 e. The standard InChI is InChI=1S/C19H22O/c1-4-15(2)12-18-10-11-19(13-16(18)3)20-14-17-8-6-5-7-9-17/h4-11,13,15H,1,12,14H2,2-3H3. The van der Waals surface area contributed by atoms with E-state index in [2.05, 4.69) is 50.8 Å². The summed E-state index contributed by atoms with van der Waals surface area (Å²) in [4.78, 5) is 0. The number of benzene rings is 2. The highest BCUT2D eigenvalue weighted by Gasteiger charge is 2.04. The third kappa shape index (κ3) is 3.99. The minimum absolute atomic E-state index is 0.504. The van der Waals surface area contributed by atoms with Gasteiger partial charge in [0.25, 0.3) is 0 Å². The molecule has 1 unspecified atom stereocenters. The molecule has 0 bridgehead atoms. The van der Waals surface area contributed by atoms with Crippen LogP contribution in [0.1, 0.15) is 23.6 Å². The molecule has 0 amide bonds. The van der Waals surface area contributed by atoms with Gasteiger partial charge in [0.05, 0.1) is 0 Å². The van der Waals surface area contributed by atoms with E-state index in [1.165, 1.54) is 16.7 Å². The van der Waals surface area contributed by atoms with Gasteiger partial charge < -0.3 is 4.74 Å². The molecule has 104 valence electrons. The zero-order valence-electron chi connectivity index (χ0n) is 12.3. The van der Waals surface area contributed by atoms with Gasteiger partial charge in [-0.2, -0.15) is 0 Å². The Morgan fingerprint density at radius 1 is 1.15 bits per heavy atom. The van der Waals surface area contributed by atoms with Crippen molar-refractivity contribution >= 4 is 0 Å². The minimum Gasteiger partial charge on any atom is -0.489 e. The van der Waals surface area contributed by atoms with Gasteiger partial charge in [-0.05, 0) is 48.1 Å². The number of allylic oxidation sites excluding steroid dienone is 1. The van der Waals surface area contributed by atoms with Crippen molar-refractivity contribution < 1.29 is 4.74 Å². The van der Waals surface area contributed by atoms with Crippen LogP contribution in [0.15, 0.2) is 61.2 Å². The summed E-state index contributed by atoms with van der Waals surface area (Å²) in [5, 5.41) is 0. The molecule has 0 radical (unpaired) electrons. The van der Waals surface area contributed by atoms with E-state index in [-0.39, 0.29) is 0 Å². The second kappa shape index (κ2) is 6.95. The van der Waals surface area contributed by atoms with Gasteiger partial charge in [-0.25, -0.2) is 0 Å². The first-order valence-corrected chi connectivity index (χ1v) is 7.08. The van der Waals surface area contributed by atoms with Crippen LogP contribution in [0.5, 0.6) is 5.75 Å². The van der Waals surface area contributed by atoms with Crippen LogP contribution in [0, 0.1) is 12.8 Å². The number of rotatable bonds is 6. The molecule has 0 aliphatic carbocycles. The van der Waals surface area contributed by atoms with Gasteiger partial charge in [-0.3, -0.25) is 0 Å². The molecule has 1 heteroatoms. The molecule has 0 aromatic heterocycles. The van der Waals surface area contributed by atoms with E-state index in [9.17, 15) is 0 Å². The Morgan fingerprint density at radius 2 is 1.90 bits per heavy atom.